The maximum atomic E-state index is 2.58. The van der Waals surface area contributed by atoms with Gasteiger partial charge in [-0.3, -0.25) is 0 Å². The van der Waals surface area contributed by atoms with E-state index < -0.39 is 0 Å². The van der Waals surface area contributed by atoms with E-state index in [4.69, 9.17) is 0 Å². The summed E-state index contributed by atoms with van der Waals surface area (Å²) in [5.41, 5.74) is 2.24. The fourth-order valence-corrected chi connectivity index (χ4v) is 2.86. The summed E-state index contributed by atoms with van der Waals surface area (Å²) in [6, 6.07) is 0. The van der Waals surface area contributed by atoms with Gasteiger partial charge in [0.15, 0.2) is 0 Å². The average Bonchev–Trinajstić information content (AvgIpc) is 2.35. The second-order valence-electron chi connectivity index (χ2n) is 5.01. The van der Waals surface area contributed by atoms with E-state index in [0.29, 0.717) is 5.41 Å². The molecule has 1 heteroatoms. The molecule has 2 rings (SSSR count). The smallest absolute Gasteiger partial charge is 0.00135 e. The zero-order chi connectivity index (χ0) is 9.31. The quantitative estimate of drug-likeness (QED) is 0.517. The van der Waals surface area contributed by atoms with Crippen molar-refractivity contribution in [1.29, 1.82) is 0 Å². The summed E-state index contributed by atoms with van der Waals surface area (Å²) in [5, 5.41) is 0. The van der Waals surface area contributed by atoms with Crippen molar-refractivity contribution in [2.45, 2.75) is 39.0 Å². The highest BCUT2D eigenvalue weighted by molar-refractivity contribution is 5.15. The van der Waals surface area contributed by atoms with Crippen LogP contribution in [0.5, 0.6) is 0 Å². The predicted octanol–water partition coefficient (Wildman–Crippen LogP) is 2.83. The third kappa shape index (κ3) is 1.96. The van der Waals surface area contributed by atoms with Crippen LogP contribution in [0.15, 0.2) is 11.6 Å². The van der Waals surface area contributed by atoms with Crippen LogP contribution < -0.4 is 0 Å². The Morgan fingerprint density at radius 1 is 1.23 bits per heavy atom. The van der Waals surface area contributed by atoms with Crippen molar-refractivity contribution in [1.82, 2.24) is 4.90 Å². The standard InChI is InChI=1S/C12H21N/c1-11-4-6-12(10-11)5-3-8-13(2)9-7-12/h10H,3-9H2,1-2H3. The molecule has 2 aliphatic rings. The molecule has 0 aromatic heterocycles. The van der Waals surface area contributed by atoms with E-state index in [0.717, 1.165) is 0 Å². The molecular weight excluding hydrogens is 158 g/mol. The molecule has 1 aliphatic heterocycles. The lowest BCUT2D eigenvalue weighted by Crippen LogP contribution is -2.21. The number of hydrogen-bond donors (Lipinski definition) is 0. The largest absolute Gasteiger partial charge is 0.306 e. The molecule has 0 amide bonds. The average molecular weight is 179 g/mol. The van der Waals surface area contributed by atoms with Crippen LogP contribution in [0.3, 0.4) is 0 Å². The van der Waals surface area contributed by atoms with Gasteiger partial charge in [0.25, 0.3) is 0 Å². The molecule has 1 aliphatic carbocycles. The van der Waals surface area contributed by atoms with Gasteiger partial charge in [-0.1, -0.05) is 11.6 Å². The van der Waals surface area contributed by atoms with E-state index in [-0.39, 0.29) is 0 Å². The Kier molecular flexibility index (Phi) is 2.46. The van der Waals surface area contributed by atoms with E-state index >= 15 is 0 Å². The topological polar surface area (TPSA) is 3.24 Å². The second-order valence-corrected chi connectivity index (χ2v) is 5.01. The molecule has 1 spiro atoms. The molecule has 74 valence electrons. The molecular formula is C12H21N. The van der Waals surface area contributed by atoms with Crippen molar-refractivity contribution < 1.29 is 0 Å². The Balaban J connectivity index is 2.06. The predicted molar refractivity (Wildman–Crippen MR) is 56.8 cm³/mol. The van der Waals surface area contributed by atoms with Crippen molar-refractivity contribution in [2.24, 2.45) is 5.41 Å². The van der Waals surface area contributed by atoms with Gasteiger partial charge in [0.1, 0.15) is 0 Å². The summed E-state index contributed by atoms with van der Waals surface area (Å²) < 4.78 is 0. The van der Waals surface area contributed by atoms with Gasteiger partial charge in [0, 0.05) is 0 Å². The van der Waals surface area contributed by atoms with Gasteiger partial charge >= 0.3 is 0 Å². The third-order valence-corrected chi connectivity index (χ3v) is 3.78. The summed E-state index contributed by atoms with van der Waals surface area (Å²) in [6.07, 6.45) is 9.55. The van der Waals surface area contributed by atoms with Crippen molar-refractivity contribution in [3.8, 4) is 0 Å². The molecule has 0 saturated carbocycles. The Morgan fingerprint density at radius 2 is 2.08 bits per heavy atom. The van der Waals surface area contributed by atoms with Gasteiger partial charge in [-0.2, -0.15) is 0 Å². The van der Waals surface area contributed by atoms with Crippen LogP contribution in [0.4, 0.5) is 0 Å². The first-order valence-electron chi connectivity index (χ1n) is 5.57. The van der Waals surface area contributed by atoms with Gasteiger partial charge in [0.05, 0.1) is 0 Å². The zero-order valence-corrected chi connectivity index (χ0v) is 8.97. The maximum absolute atomic E-state index is 2.58. The second kappa shape index (κ2) is 3.45. The fraction of sp³-hybridized carbons (Fsp3) is 0.833. The summed E-state index contributed by atoms with van der Waals surface area (Å²) >= 11 is 0. The molecule has 0 N–H and O–H groups in total. The van der Waals surface area contributed by atoms with Crippen LogP contribution in [-0.2, 0) is 0 Å². The molecule has 0 radical (unpaired) electrons. The van der Waals surface area contributed by atoms with E-state index in [2.05, 4.69) is 24.9 Å². The Bertz CT molecular complexity index is 219. The molecule has 13 heavy (non-hydrogen) atoms. The molecule has 1 fully saturated rings. The molecule has 1 saturated heterocycles. The summed E-state index contributed by atoms with van der Waals surface area (Å²) in [7, 11) is 2.25. The normalized spacial score (nSPS) is 36.3. The molecule has 1 atom stereocenters. The number of likely N-dealkylation sites (tertiary alicyclic amines) is 1. The van der Waals surface area contributed by atoms with E-state index in [9.17, 15) is 0 Å². The van der Waals surface area contributed by atoms with Crippen LogP contribution >= 0.6 is 0 Å². The lowest BCUT2D eigenvalue weighted by molar-refractivity contribution is 0.302. The minimum Gasteiger partial charge on any atom is -0.306 e. The van der Waals surface area contributed by atoms with Crippen LogP contribution in [0.1, 0.15) is 39.0 Å². The fourth-order valence-electron chi connectivity index (χ4n) is 2.86. The van der Waals surface area contributed by atoms with Crippen molar-refractivity contribution >= 4 is 0 Å². The van der Waals surface area contributed by atoms with Gasteiger partial charge < -0.3 is 4.90 Å². The van der Waals surface area contributed by atoms with Gasteiger partial charge in [-0.25, -0.2) is 0 Å². The van der Waals surface area contributed by atoms with Crippen LogP contribution in [0, 0.1) is 5.41 Å². The summed E-state index contributed by atoms with van der Waals surface area (Å²) in [4.78, 5) is 2.48. The number of nitrogens with zero attached hydrogens (tertiary/aromatic N) is 1. The van der Waals surface area contributed by atoms with Crippen molar-refractivity contribution in [2.75, 3.05) is 20.1 Å². The van der Waals surface area contributed by atoms with Crippen molar-refractivity contribution in [3.05, 3.63) is 11.6 Å². The van der Waals surface area contributed by atoms with Crippen LogP contribution in [0.2, 0.25) is 0 Å². The van der Waals surface area contributed by atoms with E-state index in [1.807, 2.05) is 0 Å². The molecule has 1 unspecified atom stereocenters. The van der Waals surface area contributed by atoms with Crippen LogP contribution in [0.25, 0.3) is 0 Å². The molecule has 0 aromatic carbocycles. The third-order valence-electron chi connectivity index (χ3n) is 3.78. The van der Waals surface area contributed by atoms with E-state index in [1.54, 1.807) is 5.57 Å². The molecule has 1 heterocycles. The highest BCUT2D eigenvalue weighted by atomic mass is 15.1. The summed E-state index contributed by atoms with van der Waals surface area (Å²) in [5.74, 6) is 0. The molecule has 1 nitrogen and oxygen atoms in total. The maximum Gasteiger partial charge on any atom is -0.00135 e. The highest BCUT2D eigenvalue weighted by Crippen LogP contribution is 2.43. The first kappa shape index (κ1) is 9.26. The van der Waals surface area contributed by atoms with Gasteiger partial charge in [0.2, 0.25) is 0 Å². The Labute approximate surface area is 81.8 Å². The molecule has 0 aromatic rings. The number of rotatable bonds is 0. The molecule has 0 bridgehead atoms. The van der Waals surface area contributed by atoms with Crippen molar-refractivity contribution in [3.63, 3.8) is 0 Å². The first-order valence-corrected chi connectivity index (χ1v) is 5.57. The minimum atomic E-state index is 0.606. The lowest BCUT2D eigenvalue weighted by Gasteiger charge is -2.25. The van der Waals surface area contributed by atoms with E-state index in [1.165, 1.54) is 45.2 Å². The lowest BCUT2D eigenvalue weighted by atomic mass is 9.80. The van der Waals surface area contributed by atoms with Gasteiger partial charge in [-0.15, -0.1) is 0 Å². The monoisotopic (exact) mass is 179 g/mol. The Morgan fingerprint density at radius 3 is 2.77 bits per heavy atom. The zero-order valence-electron chi connectivity index (χ0n) is 8.97. The number of allylic oxidation sites excluding steroid dienone is 2. The van der Waals surface area contributed by atoms with Gasteiger partial charge in [-0.05, 0) is 64.6 Å². The Hall–Kier alpha value is -0.300. The van der Waals surface area contributed by atoms with Crippen LogP contribution in [-0.4, -0.2) is 25.0 Å². The SMILES string of the molecule is CC1=CC2(CCCN(C)CC2)CC1. The number of hydrogen-bond acceptors (Lipinski definition) is 1. The highest BCUT2D eigenvalue weighted by Gasteiger charge is 2.32. The summed E-state index contributed by atoms with van der Waals surface area (Å²) in [6.45, 7) is 4.89. The minimum absolute atomic E-state index is 0.606. The first-order chi connectivity index (χ1) is 6.20.